The van der Waals surface area contributed by atoms with Crippen LogP contribution in [-0.4, -0.2) is 37.1 Å². The second-order valence-corrected chi connectivity index (χ2v) is 4.91. The highest BCUT2D eigenvalue weighted by atomic mass is 35.5. The van der Waals surface area contributed by atoms with Crippen molar-refractivity contribution in [2.45, 2.75) is 19.4 Å². The third-order valence-corrected chi connectivity index (χ3v) is 3.64. The molecule has 1 fully saturated rings. The molecule has 0 aliphatic carbocycles. The molecule has 19 heavy (non-hydrogen) atoms. The van der Waals surface area contributed by atoms with Crippen molar-refractivity contribution >= 4 is 24.0 Å². The Morgan fingerprint density at radius 2 is 2.00 bits per heavy atom. The van der Waals surface area contributed by atoms with Crippen LogP contribution in [0.2, 0.25) is 0 Å². The van der Waals surface area contributed by atoms with Gasteiger partial charge in [0.25, 0.3) is 5.91 Å². The summed E-state index contributed by atoms with van der Waals surface area (Å²) in [5.74, 6) is 0.564. The number of ether oxygens (including phenoxy) is 1. The van der Waals surface area contributed by atoms with Gasteiger partial charge in [0.15, 0.2) is 0 Å². The Bertz CT molecular complexity index is 422. The van der Waals surface area contributed by atoms with Crippen molar-refractivity contribution in [3.05, 3.63) is 29.8 Å². The Balaban J connectivity index is 0.00000180. The quantitative estimate of drug-likeness (QED) is 0.847. The lowest BCUT2D eigenvalue weighted by Crippen LogP contribution is -2.46. The van der Waals surface area contributed by atoms with Crippen molar-refractivity contribution in [2.24, 2.45) is 5.92 Å². The normalized spacial score (nSPS) is 22.7. The van der Waals surface area contributed by atoms with Crippen molar-refractivity contribution in [3.63, 3.8) is 0 Å². The lowest BCUT2D eigenvalue weighted by molar-refractivity contribution is -0.00156. The Kier molecular flexibility index (Phi) is 5.63. The summed E-state index contributed by atoms with van der Waals surface area (Å²) < 4.78 is 5.42. The monoisotopic (exact) mass is 284 g/mol. The Morgan fingerprint density at radius 1 is 1.37 bits per heavy atom. The van der Waals surface area contributed by atoms with E-state index in [1.807, 2.05) is 4.90 Å². The number of rotatable bonds is 2. The van der Waals surface area contributed by atoms with E-state index in [0.29, 0.717) is 23.7 Å². The molecule has 0 aromatic heterocycles. The zero-order valence-electron chi connectivity index (χ0n) is 11.3. The summed E-state index contributed by atoms with van der Waals surface area (Å²) in [4.78, 5) is 14.2. The number of piperidine rings is 1. The minimum atomic E-state index is 0. The first kappa shape index (κ1) is 15.8. The zero-order valence-corrected chi connectivity index (χ0v) is 12.2. The van der Waals surface area contributed by atoms with Gasteiger partial charge >= 0.3 is 0 Å². The molecule has 1 heterocycles. The maximum atomic E-state index is 12.3. The van der Waals surface area contributed by atoms with Gasteiger partial charge in [-0.1, -0.05) is 6.92 Å². The summed E-state index contributed by atoms with van der Waals surface area (Å²) in [6.07, 6.45) is 1.12. The van der Waals surface area contributed by atoms with Crippen LogP contribution in [0.3, 0.4) is 0 Å². The van der Waals surface area contributed by atoms with E-state index >= 15 is 0 Å². The third-order valence-electron chi connectivity index (χ3n) is 3.64. The summed E-state index contributed by atoms with van der Waals surface area (Å²) in [6.45, 7) is 3.63. The molecule has 1 aliphatic rings. The molecule has 2 atom stereocenters. The molecule has 1 aliphatic heterocycles. The number of methoxy groups -OCH3 is 1. The van der Waals surface area contributed by atoms with Gasteiger partial charge in [-0.2, -0.15) is 0 Å². The molecule has 0 bridgehead atoms. The van der Waals surface area contributed by atoms with Crippen LogP contribution in [0.25, 0.3) is 0 Å². The molecule has 0 radical (unpaired) electrons. The third kappa shape index (κ3) is 3.61. The lowest BCUT2D eigenvalue weighted by Gasteiger charge is -2.36. The molecule has 5 heteroatoms. The minimum absolute atomic E-state index is 0. The molecular formula is C14H21ClN2O2. The van der Waals surface area contributed by atoms with E-state index in [1.54, 1.807) is 31.4 Å². The number of anilines is 1. The molecule has 1 amide bonds. The molecule has 0 spiro atoms. The number of halogens is 1. The van der Waals surface area contributed by atoms with Gasteiger partial charge in [-0.3, -0.25) is 4.79 Å². The van der Waals surface area contributed by atoms with Gasteiger partial charge in [0.05, 0.1) is 6.10 Å². The van der Waals surface area contributed by atoms with Crippen LogP contribution in [0, 0.1) is 5.92 Å². The first-order valence-corrected chi connectivity index (χ1v) is 6.29. The molecule has 2 rings (SSSR count). The number of benzene rings is 1. The predicted molar refractivity (Wildman–Crippen MR) is 78.6 cm³/mol. The first-order chi connectivity index (χ1) is 8.61. The molecular weight excluding hydrogens is 264 g/mol. The summed E-state index contributed by atoms with van der Waals surface area (Å²) in [7, 11) is 1.71. The lowest BCUT2D eigenvalue weighted by atomic mass is 9.95. The van der Waals surface area contributed by atoms with E-state index in [9.17, 15) is 4.79 Å². The van der Waals surface area contributed by atoms with Gasteiger partial charge in [0.1, 0.15) is 0 Å². The van der Waals surface area contributed by atoms with Gasteiger partial charge in [0, 0.05) is 31.5 Å². The highest BCUT2D eigenvalue weighted by molar-refractivity contribution is 5.94. The fraction of sp³-hybridized carbons (Fsp3) is 0.500. The molecule has 2 N–H and O–H groups in total. The molecule has 0 saturated carbocycles. The van der Waals surface area contributed by atoms with Crippen molar-refractivity contribution in [1.82, 2.24) is 4.90 Å². The number of carbonyl (C=O) groups excluding carboxylic acids is 1. The number of nitrogens with two attached hydrogens (primary N) is 1. The minimum Gasteiger partial charge on any atom is -0.399 e. The van der Waals surface area contributed by atoms with Crippen molar-refractivity contribution in [2.75, 3.05) is 25.9 Å². The van der Waals surface area contributed by atoms with Gasteiger partial charge in [-0.25, -0.2) is 0 Å². The maximum absolute atomic E-state index is 12.3. The average Bonchev–Trinajstić information content (AvgIpc) is 2.39. The van der Waals surface area contributed by atoms with Crippen molar-refractivity contribution in [3.8, 4) is 0 Å². The SMILES string of the molecule is COC1CN(C(=O)c2ccc(N)cc2)CCC1C.Cl. The van der Waals surface area contributed by atoms with Gasteiger partial charge in [0.2, 0.25) is 0 Å². The maximum Gasteiger partial charge on any atom is 0.253 e. The molecule has 1 saturated heterocycles. The molecule has 1 aromatic carbocycles. The second-order valence-electron chi connectivity index (χ2n) is 4.91. The van der Waals surface area contributed by atoms with Gasteiger partial charge < -0.3 is 15.4 Å². The van der Waals surface area contributed by atoms with Crippen LogP contribution in [0.1, 0.15) is 23.7 Å². The summed E-state index contributed by atoms with van der Waals surface area (Å²) in [5.41, 5.74) is 6.99. The molecule has 4 nitrogen and oxygen atoms in total. The summed E-state index contributed by atoms with van der Waals surface area (Å²) in [6, 6.07) is 7.07. The summed E-state index contributed by atoms with van der Waals surface area (Å²) >= 11 is 0. The number of hydrogen-bond donors (Lipinski definition) is 1. The van der Waals surface area contributed by atoms with E-state index in [0.717, 1.165) is 13.0 Å². The van der Waals surface area contributed by atoms with Crippen LogP contribution in [0.4, 0.5) is 5.69 Å². The standard InChI is InChI=1S/C14H20N2O2.ClH/c1-10-7-8-16(9-13(10)18-2)14(17)11-3-5-12(15)6-4-11;/h3-6,10,13H,7-9,15H2,1-2H3;1H. The van der Waals surface area contributed by atoms with Gasteiger partial charge in [-0.05, 0) is 36.6 Å². The van der Waals surface area contributed by atoms with Crippen LogP contribution < -0.4 is 5.73 Å². The van der Waals surface area contributed by atoms with Crippen molar-refractivity contribution in [1.29, 1.82) is 0 Å². The topological polar surface area (TPSA) is 55.6 Å². The van der Waals surface area contributed by atoms with E-state index in [1.165, 1.54) is 0 Å². The number of carbonyl (C=O) groups is 1. The molecule has 2 unspecified atom stereocenters. The Hall–Kier alpha value is -1.26. The van der Waals surface area contributed by atoms with Crippen LogP contribution in [0.5, 0.6) is 0 Å². The molecule has 106 valence electrons. The first-order valence-electron chi connectivity index (χ1n) is 6.29. The number of hydrogen-bond acceptors (Lipinski definition) is 3. The van der Waals surface area contributed by atoms with Crippen LogP contribution >= 0.6 is 12.4 Å². The largest absolute Gasteiger partial charge is 0.399 e. The van der Waals surface area contributed by atoms with E-state index in [2.05, 4.69) is 6.92 Å². The number of likely N-dealkylation sites (tertiary alicyclic amines) is 1. The highest BCUT2D eigenvalue weighted by Crippen LogP contribution is 2.21. The van der Waals surface area contributed by atoms with E-state index in [-0.39, 0.29) is 24.4 Å². The Morgan fingerprint density at radius 3 is 2.58 bits per heavy atom. The molecule has 1 aromatic rings. The Labute approximate surface area is 120 Å². The number of nitrogens with zero attached hydrogens (tertiary/aromatic N) is 1. The predicted octanol–water partition coefficient (Wildman–Crippen LogP) is 2.19. The van der Waals surface area contributed by atoms with Crippen LogP contribution in [0.15, 0.2) is 24.3 Å². The average molecular weight is 285 g/mol. The number of nitrogen functional groups attached to an aromatic ring is 1. The van der Waals surface area contributed by atoms with Crippen LogP contribution in [-0.2, 0) is 4.74 Å². The van der Waals surface area contributed by atoms with E-state index < -0.39 is 0 Å². The second kappa shape index (κ2) is 6.78. The highest BCUT2D eigenvalue weighted by Gasteiger charge is 2.29. The zero-order chi connectivity index (χ0) is 13.1. The van der Waals surface area contributed by atoms with E-state index in [4.69, 9.17) is 10.5 Å². The summed E-state index contributed by atoms with van der Waals surface area (Å²) in [5, 5.41) is 0. The fourth-order valence-electron chi connectivity index (χ4n) is 2.33. The number of amides is 1. The van der Waals surface area contributed by atoms with Gasteiger partial charge in [-0.15, -0.1) is 12.4 Å². The smallest absolute Gasteiger partial charge is 0.253 e. The fourth-order valence-corrected chi connectivity index (χ4v) is 2.33. The van der Waals surface area contributed by atoms with Crippen molar-refractivity contribution < 1.29 is 9.53 Å².